The average Bonchev–Trinajstić information content (AvgIpc) is 3.03. The largest absolute Gasteiger partial charge is 0.507 e. The minimum Gasteiger partial charge on any atom is -0.507 e. The number of aliphatic hydroxyl groups is 1. The maximum Gasteiger partial charge on any atom is 0.295 e. The molecule has 6 nitrogen and oxygen atoms in total. The number of Topliss-reactive ketones (excluding diaryl/α,β-unsaturated/α-hetero) is 1. The molecule has 1 atom stereocenters. The molecular weight excluding hydrogens is 404 g/mol. The second kappa shape index (κ2) is 10.0. The van der Waals surface area contributed by atoms with E-state index in [4.69, 9.17) is 4.74 Å². The van der Waals surface area contributed by atoms with Gasteiger partial charge in [0.05, 0.1) is 24.3 Å². The second-order valence-corrected chi connectivity index (χ2v) is 8.45. The number of nitrogens with zero attached hydrogens (tertiary/aromatic N) is 2. The molecule has 2 aromatic rings. The Morgan fingerprint density at radius 1 is 1.06 bits per heavy atom. The number of ketones is 1. The van der Waals surface area contributed by atoms with Crippen LogP contribution in [0.5, 0.6) is 0 Å². The highest BCUT2D eigenvalue weighted by Gasteiger charge is 2.45. The molecule has 1 unspecified atom stereocenters. The lowest BCUT2D eigenvalue weighted by atomic mass is 9.94. The molecule has 2 aromatic carbocycles. The Bertz CT molecular complexity index is 991. The summed E-state index contributed by atoms with van der Waals surface area (Å²) in [4.78, 5) is 29.5. The monoisotopic (exact) mass is 436 g/mol. The number of aliphatic hydroxyl groups excluding tert-OH is 1. The number of carbonyl (C=O) groups excluding carboxylic acids is 2. The summed E-state index contributed by atoms with van der Waals surface area (Å²) in [6.07, 6.45) is 0.890. The van der Waals surface area contributed by atoms with Gasteiger partial charge in [0.2, 0.25) is 0 Å². The van der Waals surface area contributed by atoms with Crippen molar-refractivity contribution in [3.63, 3.8) is 0 Å². The van der Waals surface area contributed by atoms with Gasteiger partial charge in [-0.15, -0.1) is 0 Å². The first-order valence-corrected chi connectivity index (χ1v) is 11.0. The zero-order valence-corrected chi connectivity index (χ0v) is 19.5. The van der Waals surface area contributed by atoms with Gasteiger partial charge >= 0.3 is 0 Å². The van der Waals surface area contributed by atoms with Gasteiger partial charge in [-0.25, -0.2) is 0 Å². The average molecular weight is 437 g/mol. The molecule has 0 aliphatic carbocycles. The fourth-order valence-corrected chi connectivity index (χ4v) is 3.85. The fraction of sp³-hybridized carbons (Fsp3) is 0.385. The third-order valence-electron chi connectivity index (χ3n) is 5.68. The van der Waals surface area contributed by atoms with E-state index in [1.807, 2.05) is 69.2 Å². The topological polar surface area (TPSA) is 70.1 Å². The Morgan fingerprint density at radius 2 is 1.69 bits per heavy atom. The van der Waals surface area contributed by atoms with E-state index in [1.54, 1.807) is 12.1 Å². The summed E-state index contributed by atoms with van der Waals surface area (Å²) in [5.74, 6) is -1.45. The van der Waals surface area contributed by atoms with Crippen LogP contribution in [0.4, 0.5) is 5.69 Å². The first-order chi connectivity index (χ1) is 15.2. The van der Waals surface area contributed by atoms with Gasteiger partial charge in [-0.05, 0) is 43.5 Å². The van der Waals surface area contributed by atoms with Crippen LogP contribution < -0.4 is 4.90 Å². The third-order valence-corrected chi connectivity index (χ3v) is 5.68. The molecule has 0 saturated carbocycles. The number of rotatable bonds is 8. The summed E-state index contributed by atoms with van der Waals surface area (Å²) < 4.78 is 5.64. The number of amides is 1. The van der Waals surface area contributed by atoms with E-state index in [-0.39, 0.29) is 24.0 Å². The van der Waals surface area contributed by atoms with Crippen molar-refractivity contribution in [2.75, 3.05) is 32.1 Å². The normalized spacial score (nSPS) is 17.9. The minimum atomic E-state index is -0.673. The Labute approximate surface area is 190 Å². The van der Waals surface area contributed by atoms with Gasteiger partial charge in [-0.1, -0.05) is 43.3 Å². The van der Waals surface area contributed by atoms with Crippen molar-refractivity contribution in [1.82, 2.24) is 4.90 Å². The summed E-state index contributed by atoms with van der Waals surface area (Å²) in [5.41, 5.74) is 3.54. The van der Waals surface area contributed by atoms with Crippen LogP contribution in [0.15, 0.2) is 54.1 Å². The van der Waals surface area contributed by atoms with Crippen molar-refractivity contribution >= 4 is 23.1 Å². The molecule has 6 heteroatoms. The van der Waals surface area contributed by atoms with Crippen molar-refractivity contribution in [3.05, 3.63) is 70.8 Å². The van der Waals surface area contributed by atoms with E-state index in [2.05, 4.69) is 6.92 Å². The molecule has 1 amide bonds. The lowest BCUT2D eigenvalue weighted by Gasteiger charge is -2.26. The molecule has 32 heavy (non-hydrogen) atoms. The summed E-state index contributed by atoms with van der Waals surface area (Å²) in [6, 6.07) is 14.4. The van der Waals surface area contributed by atoms with Crippen LogP contribution in [-0.4, -0.2) is 55.0 Å². The van der Waals surface area contributed by atoms with E-state index in [9.17, 15) is 14.7 Å². The first kappa shape index (κ1) is 23.5. The van der Waals surface area contributed by atoms with Crippen molar-refractivity contribution < 1.29 is 19.4 Å². The predicted molar refractivity (Wildman–Crippen MR) is 127 cm³/mol. The SMILES string of the molecule is CCc1ccc(/C(O)=C2/C(=O)C(=O)N(CCOC(C)C)C2c2ccc(N(C)C)cc2)cc1. The quantitative estimate of drug-likeness (QED) is 0.382. The number of hydrogen-bond acceptors (Lipinski definition) is 5. The number of aryl methyl sites for hydroxylation is 1. The molecule has 0 aromatic heterocycles. The van der Waals surface area contributed by atoms with Gasteiger partial charge in [0.25, 0.3) is 11.7 Å². The van der Waals surface area contributed by atoms with E-state index < -0.39 is 17.7 Å². The van der Waals surface area contributed by atoms with E-state index in [1.165, 1.54) is 4.90 Å². The van der Waals surface area contributed by atoms with Gasteiger partial charge in [0.15, 0.2) is 0 Å². The fourth-order valence-electron chi connectivity index (χ4n) is 3.85. The Balaban J connectivity index is 2.07. The summed E-state index contributed by atoms with van der Waals surface area (Å²) in [7, 11) is 3.90. The van der Waals surface area contributed by atoms with Crippen LogP contribution in [-0.2, 0) is 20.7 Å². The minimum absolute atomic E-state index is 0.0155. The van der Waals surface area contributed by atoms with Crippen LogP contribution in [0.1, 0.15) is 43.5 Å². The molecule has 0 spiro atoms. The highest BCUT2D eigenvalue weighted by Crippen LogP contribution is 2.39. The van der Waals surface area contributed by atoms with E-state index in [0.29, 0.717) is 12.2 Å². The van der Waals surface area contributed by atoms with Crippen LogP contribution in [0.2, 0.25) is 0 Å². The van der Waals surface area contributed by atoms with Gasteiger partial charge in [0, 0.05) is 31.9 Å². The summed E-state index contributed by atoms with van der Waals surface area (Å²) in [5, 5.41) is 11.1. The number of likely N-dealkylation sites (tertiary alicyclic amines) is 1. The number of benzene rings is 2. The van der Waals surface area contributed by atoms with Crippen molar-refractivity contribution in [2.24, 2.45) is 0 Å². The smallest absolute Gasteiger partial charge is 0.295 e. The van der Waals surface area contributed by atoms with Crippen LogP contribution in [0.3, 0.4) is 0 Å². The van der Waals surface area contributed by atoms with E-state index >= 15 is 0 Å². The van der Waals surface area contributed by atoms with E-state index in [0.717, 1.165) is 23.2 Å². The standard InChI is InChI=1S/C26H32N2O4/c1-6-18-7-9-20(10-8-18)24(29)22-23(19-11-13-21(14-12-19)27(4)5)28(26(31)25(22)30)15-16-32-17(2)3/h7-14,17,23,29H,6,15-16H2,1-5H3/b24-22-. The number of carbonyl (C=O) groups is 2. The molecule has 0 bridgehead atoms. The number of anilines is 1. The lowest BCUT2D eigenvalue weighted by molar-refractivity contribution is -0.140. The van der Waals surface area contributed by atoms with Crippen molar-refractivity contribution in [1.29, 1.82) is 0 Å². The molecule has 0 radical (unpaired) electrons. The van der Waals surface area contributed by atoms with Crippen LogP contribution in [0.25, 0.3) is 5.76 Å². The second-order valence-electron chi connectivity index (χ2n) is 8.45. The molecule has 3 rings (SSSR count). The van der Waals surface area contributed by atoms with Crippen molar-refractivity contribution in [3.8, 4) is 0 Å². The molecule has 1 aliphatic rings. The Kier molecular flexibility index (Phi) is 7.36. The highest BCUT2D eigenvalue weighted by atomic mass is 16.5. The van der Waals surface area contributed by atoms with Gasteiger partial charge < -0.3 is 19.6 Å². The third kappa shape index (κ3) is 4.86. The van der Waals surface area contributed by atoms with Crippen LogP contribution >= 0.6 is 0 Å². The van der Waals surface area contributed by atoms with Gasteiger partial charge in [-0.3, -0.25) is 9.59 Å². The molecule has 1 aliphatic heterocycles. The zero-order chi connectivity index (χ0) is 23.4. The lowest BCUT2D eigenvalue weighted by Crippen LogP contribution is -2.33. The Hall–Kier alpha value is -3.12. The molecule has 1 saturated heterocycles. The maximum absolute atomic E-state index is 13.1. The first-order valence-electron chi connectivity index (χ1n) is 11.0. The number of hydrogen-bond donors (Lipinski definition) is 1. The highest BCUT2D eigenvalue weighted by molar-refractivity contribution is 6.46. The zero-order valence-electron chi connectivity index (χ0n) is 19.5. The molecule has 170 valence electrons. The molecule has 1 N–H and O–H groups in total. The molecule has 1 heterocycles. The predicted octanol–water partition coefficient (Wildman–Crippen LogP) is 4.16. The summed E-state index contributed by atoms with van der Waals surface area (Å²) >= 11 is 0. The molecular formula is C26H32N2O4. The van der Waals surface area contributed by atoms with Crippen molar-refractivity contribution in [2.45, 2.75) is 39.3 Å². The Morgan fingerprint density at radius 3 is 2.22 bits per heavy atom. The maximum atomic E-state index is 13.1. The van der Waals surface area contributed by atoms with Gasteiger partial charge in [-0.2, -0.15) is 0 Å². The van der Waals surface area contributed by atoms with Crippen LogP contribution in [0, 0.1) is 0 Å². The number of ether oxygens (including phenoxy) is 1. The van der Waals surface area contributed by atoms with Gasteiger partial charge in [0.1, 0.15) is 5.76 Å². The molecule has 1 fully saturated rings. The summed E-state index contributed by atoms with van der Waals surface area (Å²) in [6.45, 7) is 6.46.